The Morgan fingerprint density at radius 3 is 2.62 bits per heavy atom. The molecule has 0 spiro atoms. The summed E-state index contributed by atoms with van der Waals surface area (Å²) in [4.78, 5) is 6.48. The maximum Gasteiger partial charge on any atom is 0.0900 e. The summed E-state index contributed by atoms with van der Waals surface area (Å²) in [5.74, 6) is 3.26. The Morgan fingerprint density at radius 2 is 1.79 bits per heavy atom. The van der Waals surface area contributed by atoms with Gasteiger partial charge in [0.2, 0.25) is 0 Å². The lowest BCUT2D eigenvalue weighted by molar-refractivity contribution is -0.0985. The van der Waals surface area contributed by atoms with Crippen molar-refractivity contribution in [3.63, 3.8) is 0 Å². The average Bonchev–Trinajstić information content (AvgIpc) is 3.06. The van der Waals surface area contributed by atoms with Crippen LogP contribution in [-0.2, 0) is 6.42 Å². The van der Waals surface area contributed by atoms with E-state index in [1.165, 1.54) is 55.6 Å². The second-order valence-corrected chi connectivity index (χ2v) is 10.9. The minimum atomic E-state index is -0.0453. The lowest BCUT2D eigenvalue weighted by atomic mass is 9.45. The molecule has 0 unspecified atom stereocenters. The number of hydrogen-bond acceptors (Lipinski definition) is 3. The number of fused-ring (bicyclic) bond motifs is 7. The Labute approximate surface area is 150 Å². The van der Waals surface area contributed by atoms with Gasteiger partial charge in [-0.25, -0.2) is 4.98 Å². The number of aromatic nitrogens is 1. The lowest BCUT2D eigenvalue weighted by Gasteiger charge is -2.59. The molecule has 3 fully saturated rings. The van der Waals surface area contributed by atoms with Crippen molar-refractivity contribution in [2.75, 3.05) is 0 Å². The molecule has 24 heavy (non-hydrogen) atoms. The van der Waals surface area contributed by atoms with E-state index >= 15 is 0 Å². The van der Waals surface area contributed by atoms with Gasteiger partial charge in [-0.1, -0.05) is 13.8 Å². The molecular weight excluding hydrogens is 314 g/mol. The highest BCUT2D eigenvalue weighted by Crippen LogP contribution is 2.67. The van der Waals surface area contributed by atoms with Crippen molar-refractivity contribution >= 4 is 11.3 Å². The molecule has 1 aromatic rings. The number of aliphatic hydroxyl groups excluding tert-OH is 1. The molecule has 0 amide bonds. The average molecular weight is 346 g/mol. The summed E-state index contributed by atoms with van der Waals surface area (Å²) in [6.07, 6.45) is 10.1. The number of thiazole rings is 1. The zero-order valence-electron chi connectivity index (χ0n) is 15.3. The van der Waals surface area contributed by atoms with Crippen LogP contribution in [0.25, 0.3) is 0 Å². The number of hydrogen-bond donors (Lipinski definition) is 1. The fraction of sp³-hybridized carbons (Fsp3) is 0.857. The molecule has 2 nitrogen and oxygen atoms in total. The van der Waals surface area contributed by atoms with E-state index in [0.29, 0.717) is 5.41 Å². The first-order valence-electron chi connectivity index (χ1n) is 10.1. The standard InChI is InChI=1S/C21H31NOS/c1-12-22-17-9-11-20(2)15-8-10-21(3)14(6-7-18(21)23)13(15)4-5-16(20)19(17)24-12/h13-16,18,23H,4-11H2,1-3H3/t13-,14-,15-,16-,18-,20+,21-/m0/s1. The van der Waals surface area contributed by atoms with E-state index in [1.807, 2.05) is 11.3 Å². The van der Waals surface area contributed by atoms with Gasteiger partial charge in [-0.15, -0.1) is 11.3 Å². The molecule has 3 heteroatoms. The maximum absolute atomic E-state index is 10.6. The minimum Gasteiger partial charge on any atom is -0.393 e. The van der Waals surface area contributed by atoms with Gasteiger partial charge < -0.3 is 5.11 Å². The molecule has 3 saturated carbocycles. The number of aliphatic hydroxyl groups is 1. The summed E-state index contributed by atoms with van der Waals surface area (Å²) in [5, 5.41) is 11.9. The quantitative estimate of drug-likeness (QED) is 0.711. The molecule has 0 radical (unpaired) electrons. The predicted octanol–water partition coefficient (Wildman–Crippen LogP) is 5.08. The van der Waals surface area contributed by atoms with Crippen molar-refractivity contribution in [1.82, 2.24) is 4.98 Å². The van der Waals surface area contributed by atoms with Crippen LogP contribution in [0.15, 0.2) is 0 Å². The molecule has 7 atom stereocenters. The Balaban J connectivity index is 1.51. The highest BCUT2D eigenvalue weighted by Gasteiger charge is 2.60. The van der Waals surface area contributed by atoms with Crippen LogP contribution in [0.3, 0.4) is 0 Å². The third kappa shape index (κ3) is 1.89. The number of nitrogens with zero attached hydrogens (tertiary/aromatic N) is 1. The van der Waals surface area contributed by atoms with Crippen LogP contribution >= 0.6 is 11.3 Å². The second-order valence-electron chi connectivity index (χ2n) is 9.69. The van der Waals surface area contributed by atoms with E-state index in [1.54, 1.807) is 4.88 Å². The molecule has 5 rings (SSSR count). The van der Waals surface area contributed by atoms with Crippen molar-refractivity contribution in [2.45, 2.75) is 84.2 Å². The maximum atomic E-state index is 10.6. The van der Waals surface area contributed by atoms with E-state index in [2.05, 4.69) is 20.8 Å². The van der Waals surface area contributed by atoms with Gasteiger partial charge in [0.25, 0.3) is 0 Å². The van der Waals surface area contributed by atoms with Crippen LogP contribution in [0.2, 0.25) is 0 Å². The highest BCUT2D eigenvalue weighted by atomic mass is 32.1. The van der Waals surface area contributed by atoms with Crippen LogP contribution in [0, 0.1) is 35.5 Å². The van der Waals surface area contributed by atoms with Gasteiger partial charge in [-0.2, -0.15) is 0 Å². The first-order valence-corrected chi connectivity index (χ1v) is 10.9. The molecule has 1 aromatic heterocycles. The van der Waals surface area contributed by atoms with Crippen LogP contribution in [0.5, 0.6) is 0 Å². The molecule has 0 bridgehead atoms. The molecule has 0 saturated heterocycles. The van der Waals surface area contributed by atoms with E-state index < -0.39 is 0 Å². The minimum absolute atomic E-state index is 0.0453. The largest absolute Gasteiger partial charge is 0.393 e. The van der Waals surface area contributed by atoms with Gasteiger partial charge in [0.1, 0.15) is 0 Å². The first-order chi connectivity index (χ1) is 11.4. The molecule has 132 valence electrons. The molecule has 1 heterocycles. The van der Waals surface area contributed by atoms with Gasteiger partial charge in [0, 0.05) is 10.8 Å². The Hall–Kier alpha value is -0.410. The third-order valence-corrected chi connectivity index (χ3v) is 10.00. The van der Waals surface area contributed by atoms with Crippen LogP contribution < -0.4 is 0 Å². The zero-order chi connectivity index (χ0) is 16.7. The van der Waals surface area contributed by atoms with Gasteiger partial charge in [0.15, 0.2) is 0 Å². The van der Waals surface area contributed by atoms with Gasteiger partial charge in [0.05, 0.1) is 16.8 Å². The van der Waals surface area contributed by atoms with Crippen LogP contribution in [0.4, 0.5) is 0 Å². The number of aryl methyl sites for hydroxylation is 2. The van der Waals surface area contributed by atoms with Gasteiger partial charge in [-0.05, 0) is 86.9 Å². The highest BCUT2D eigenvalue weighted by molar-refractivity contribution is 7.11. The lowest BCUT2D eigenvalue weighted by Crippen LogP contribution is -2.52. The van der Waals surface area contributed by atoms with Crippen LogP contribution in [-0.4, -0.2) is 16.2 Å². The summed E-state index contributed by atoms with van der Waals surface area (Å²) < 4.78 is 0. The van der Waals surface area contributed by atoms with Crippen molar-refractivity contribution in [1.29, 1.82) is 0 Å². The van der Waals surface area contributed by atoms with E-state index in [0.717, 1.165) is 30.1 Å². The summed E-state index contributed by atoms with van der Waals surface area (Å²) >= 11 is 1.98. The molecule has 0 aliphatic heterocycles. The van der Waals surface area contributed by atoms with E-state index in [9.17, 15) is 5.11 Å². The van der Waals surface area contributed by atoms with E-state index in [4.69, 9.17) is 4.98 Å². The number of rotatable bonds is 0. The summed E-state index contributed by atoms with van der Waals surface area (Å²) in [7, 11) is 0. The van der Waals surface area contributed by atoms with Gasteiger partial charge in [-0.3, -0.25) is 0 Å². The molecule has 4 aliphatic rings. The van der Waals surface area contributed by atoms with E-state index in [-0.39, 0.29) is 11.5 Å². The molecular formula is C21H31NOS. The van der Waals surface area contributed by atoms with Crippen molar-refractivity contribution < 1.29 is 5.11 Å². The molecule has 1 N–H and O–H groups in total. The zero-order valence-corrected chi connectivity index (χ0v) is 16.2. The summed E-state index contributed by atoms with van der Waals surface area (Å²) in [6.45, 7) is 7.18. The first kappa shape index (κ1) is 15.8. The fourth-order valence-electron chi connectivity index (χ4n) is 7.54. The third-order valence-electron chi connectivity index (χ3n) is 8.87. The fourth-order valence-corrected chi connectivity index (χ4v) is 8.81. The Morgan fingerprint density at radius 1 is 1.00 bits per heavy atom. The van der Waals surface area contributed by atoms with Crippen molar-refractivity contribution in [3.8, 4) is 0 Å². The van der Waals surface area contributed by atoms with Gasteiger partial charge >= 0.3 is 0 Å². The second kappa shape index (κ2) is 5.07. The Bertz CT molecular complexity index is 669. The Kier molecular flexibility index (Phi) is 3.34. The SMILES string of the molecule is Cc1nc2c(s1)[C@@H]1CC[C@@H]3[C@H](CC[C@]4(C)[C@@H](O)CC[C@@H]34)[C@@]1(C)CC2. The molecule has 0 aromatic carbocycles. The monoisotopic (exact) mass is 345 g/mol. The summed E-state index contributed by atoms with van der Waals surface area (Å²) in [5.41, 5.74) is 2.12. The smallest absolute Gasteiger partial charge is 0.0900 e. The van der Waals surface area contributed by atoms with Crippen molar-refractivity contribution in [2.24, 2.45) is 28.6 Å². The predicted molar refractivity (Wildman–Crippen MR) is 98.3 cm³/mol. The summed E-state index contributed by atoms with van der Waals surface area (Å²) in [6, 6.07) is 0. The van der Waals surface area contributed by atoms with Crippen molar-refractivity contribution in [3.05, 3.63) is 15.6 Å². The topological polar surface area (TPSA) is 33.1 Å². The normalized spacial score (nSPS) is 49.9. The van der Waals surface area contributed by atoms with Crippen LogP contribution in [0.1, 0.15) is 80.3 Å². The molecule has 4 aliphatic carbocycles.